The molecule has 1 aliphatic carbocycles. The first kappa shape index (κ1) is 11.6. The lowest BCUT2D eigenvalue weighted by Gasteiger charge is -2.09. The number of phenolic OH excluding ortho intramolecular Hbond substituents is 1. The first-order valence-electron chi connectivity index (χ1n) is 5.91. The molecule has 2 nitrogen and oxygen atoms in total. The zero-order chi connectivity index (χ0) is 11.4. The number of phenols is 1. The SMILES string of the molecule is Nc1ccc(O)c(CSCC2CCCC2)c1. The van der Waals surface area contributed by atoms with Gasteiger partial charge in [0.25, 0.3) is 0 Å². The summed E-state index contributed by atoms with van der Waals surface area (Å²) in [7, 11) is 0. The molecule has 0 heterocycles. The van der Waals surface area contributed by atoms with Gasteiger partial charge in [0.1, 0.15) is 5.75 Å². The van der Waals surface area contributed by atoms with Crippen molar-refractivity contribution in [3.63, 3.8) is 0 Å². The number of nitrogen functional groups attached to an aromatic ring is 1. The van der Waals surface area contributed by atoms with Gasteiger partial charge in [0.05, 0.1) is 0 Å². The second kappa shape index (κ2) is 5.48. The highest BCUT2D eigenvalue weighted by molar-refractivity contribution is 7.98. The van der Waals surface area contributed by atoms with Gasteiger partial charge in [0, 0.05) is 17.0 Å². The summed E-state index contributed by atoms with van der Waals surface area (Å²) in [4.78, 5) is 0. The van der Waals surface area contributed by atoms with E-state index >= 15 is 0 Å². The average Bonchev–Trinajstić information content (AvgIpc) is 2.76. The molecule has 0 saturated heterocycles. The molecule has 0 amide bonds. The summed E-state index contributed by atoms with van der Waals surface area (Å²) in [5, 5.41) is 9.66. The summed E-state index contributed by atoms with van der Waals surface area (Å²) >= 11 is 1.91. The van der Waals surface area contributed by atoms with Crippen LogP contribution in [0.25, 0.3) is 0 Å². The third-order valence-corrected chi connectivity index (χ3v) is 4.41. The zero-order valence-electron chi connectivity index (χ0n) is 9.48. The van der Waals surface area contributed by atoms with Crippen molar-refractivity contribution >= 4 is 17.4 Å². The summed E-state index contributed by atoms with van der Waals surface area (Å²) in [5.74, 6) is 3.35. The Bertz CT molecular complexity index is 348. The standard InChI is InChI=1S/C13H19NOS/c14-12-5-6-13(15)11(7-12)9-16-8-10-3-1-2-4-10/h5-7,10,15H,1-4,8-9,14H2. The van der Waals surface area contributed by atoms with Crippen molar-refractivity contribution in [2.45, 2.75) is 31.4 Å². The molecule has 1 aromatic carbocycles. The first-order chi connectivity index (χ1) is 7.75. The van der Waals surface area contributed by atoms with Crippen molar-refractivity contribution in [1.29, 1.82) is 0 Å². The van der Waals surface area contributed by atoms with Gasteiger partial charge in [-0.05, 0) is 42.7 Å². The number of hydrogen-bond donors (Lipinski definition) is 2. The molecule has 0 aliphatic heterocycles. The summed E-state index contributed by atoms with van der Waals surface area (Å²) in [6.45, 7) is 0. The van der Waals surface area contributed by atoms with Crippen molar-refractivity contribution < 1.29 is 5.11 Å². The second-order valence-electron chi connectivity index (χ2n) is 4.55. The van der Waals surface area contributed by atoms with Gasteiger partial charge in [-0.1, -0.05) is 12.8 Å². The molecule has 1 fully saturated rings. The minimum absolute atomic E-state index is 0.369. The molecule has 0 spiro atoms. The fourth-order valence-corrected chi connectivity index (χ4v) is 3.47. The van der Waals surface area contributed by atoms with Crippen LogP contribution in [0.4, 0.5) is 5.69 Å². The van der Waals surface area contributed by atoms with E-state index in [1.807, 2.05) is 17.8 Å². The fraction of sp³-hybridized carbons (Fsp3) is 0.538. The van der Waals surface area contributed by atoms with Crippen LogP contribution < -0.4 is 5.73 Å². The van der Waals surface area contributed by atoms with E-state index in [1.54, 1.807) is 12.1 Å². The lowest BCUT2D eigenvalue weighted by atomic mass is 10.1. The van der Waals surface area contributed by atoms with Crippen molar-refractivity contribution in [3.8, 4) is 5.75 Å². The topological polar surface area (TPSA) is 46.2 Å². The molecule has 1 saturated carbocycles. The van der Waals surface area contributed by atoms with Crippen LogP contribution in [0, 0.1) is 5.92 Å². The largest absolute Gasteiger partial charge is 0.508 e. The highest BCUT2D eigenvalue weighted by Crippen LogP contribution is 2.30. The Labute approximate surface area is 101 Å². The van der Waals surface area contributed by atoms with Crippen molar-refractivity contribution in [2.24, 2.45) is 5.92 Å². The predicted octanol–water partition coefficient (Wildman–Crippen LogP) is 3.40. The molecule has 16 heavy (non-hydrogen) atoms. The van der Waals surface area contributed by atoms with Gasteiger partial charge in [-0.25, -0.2) is 0 Å². The predicted molar refractivity (Wildman–Crippen MR) is 70.6 cm³/mol. The Morgan fingerprint density at radius 3 is 2.81 bits per heavy atom. The van der Waals surface area contributed by atoms with Gasteiger partial charge in [0.2, 0.25) is 0 Å². The minimum atomic E-state index is 0.369. The van der Waals surface area contributed by atoms with Gasteiger partial charge in [-0.3, -0.25) is 0 Å². The van der Waals surface area contributed by atoms with E-state index in [9.17, 15) is 5.11 Å². The Kier molecular flexibility index (Phi) is 3.99. The van der Waals surface area contributed by atoms with E-state index in [2.05, 4.69) is 0 Å². The monoisotopic (exact) mass is 237 g/mol. The van der Waals surface area contributed by atoms with E-state index in [0.29, 0.717) is 5.75 Å². The molecule has 0 aromatic heterocycles. The number of rotatable bonds is 4. The number of nitrogens with two attached hydrogens (primary N) is 1. The zero-order valence-corrected chi connectivity index (χ0v) is 10.3. The lowest BCUT2D eigenvalue weighted by molar-refractivity contribution is 0.470. The van der Waals surface area contributed by atoms with Gasteiger partial charge < -0.3 is 10.8 Å². The second-order valence-corrected chi connectivity index (χ2v) is 5.58. The van der Waals surface area contributed by atoms with Crippen LogP contribution in [0.5, 0.6) is 5.75 Å². The normalized spacial score (nSPS) is 16.8. The quantitative estimate of drug-likeness (QED) is 0.623. The molecule has 0 atom stereocenters. The van der Waals surface area contributed by atoms with E-state index in [-0.39, 0.29) is 0 Å². The number of benzene rings is 1. The van der Waals surface area contributed by atoms with Crippen LogP contribution in [0.15, 0.2) is 18.2 Å². The molecule has 0 unspecified atom stereocenters. The summed E-state index contributed by atoms with van der Waals surface area (Å²) in [6, 6.07) is 5.29. The van der Waals surface area contributed by atoms with Crippen LogP contribution in [-0.4, -0.2) is 10.9 Å². The van der Waals surface area contributed by atoms with E-state index in [0.717, 1.165) is 22.9 Å². The fourth-order valence-electron chi connectivity index (χ4n) is 2.23. The van der Waals surface area contributed by atoms with E-state index in [4.69, 9.17) is 5.73 Å². The van der Waals surface area contributed by atoms with Crippen LogP contribution in [0.2, 0.25) is 0 Å². The molecule has 3 N–H and O–H groups in total. The van der Waals surface area contributed by atoms with Crippen molar-refractivity contribution in [1.82, 2.24) is 0 Å². The van der Waals surface area contributed by atoms with Gasteiger partial charge in [0.15, 0.2) is 0 Å². The van der Waals surface area contributed by atoms with E-state index < -0.39 is 0 Å². The van der Waals surface area contributed by atoms with Crippen LogP contribution in [0.3, 0.4) is 0 Å². The highest BCUT2D eigenvalue weighted by Gasteiger charge is 2.14. The molecule has 88 valence electrons. The highest BCUT2D eigenvalue weighted by atomic mass is 32.2. The average molecular weight is 237 g/mol. The molecule has 2 rings (SSSR count). The van der Waals surface area contributed by atoms with Crippen LogP contribution >= 0.6 is 11.8 Å². The number of anilines is 1. The third kappa shape index (κ3) is 3.08. The lowest BCUT2D eigenvalue weighted by Crippen LogP contribution is -1.97. The Morgan fingerprint density at radius 1 is 1.31 bits per heavy atom. The van der Waals surface area contributed by atoms with Crippen LogP contribution in [0.1, 0.15) is 31.2 Å². The summed E-state index contributed by atoms with van der Waals surface area (Å²) in [5.41, 5.74) is 7.39. The van der Waals surface area contributed by atoms with E-state index in [1.165, 1.54) is 31.4 Å². The van der Waals surface area contributed by atoms with Crippen LogP contribution in [-0.2, 0) is 5.75 Å². The molecule has 3 heteroatoms. The van der Waals surface area contributed by atoms with Crippen molar-refractivity contribution in [2.75, 3.05) is 11.5 Å². The Morgan fingerprint density at radius 2 is 2.06 bits per heavy atom. The summed E-state index contributed by atoms with van der Waals surface area (Å²) in [6.07, 6.45) is 5.56. The van der Waals surface area contributed by atoms with Gasteiger partial charge >= 0.3 is 0 Å². The summed E-state index contributed by atoms with van der Waals surface area (Å²) < 4.78 is 0. The maximum atomic E-state index is 9.66. The third-order valence-electron chi connectivity index (χ3n) is 3.19. The molecule has 0 bridgehead atoms. The maximum Gasteiger partial charge on any atom is 0.119 e. The molecule has 1 aliphatic rings. The maximum absolute atomic E-state index is 9.66. The molecular formula is C13H19NOS. The Hall–Kier alpha value is -0.830. The van der Waals surface area contributed by atoms with Crippen molar-refractivity contribution in [3.05, 3.63) is 23.8 Å². The van der Waals surface area contributed by atoms with Gasteiger partial charge in [-0.2, -0.15) is 11.8 Å². The molecule has 1 aromatic rings. The number of aromatic hydroxyl groups is 1. The molecule has 0 radical (unpaired) electrons. The first-order valence-corrected chi connectivity index (χ1v) is 7.06. The Balaban J connectivity index is 1.82. The minimum Gasteiger partial charge on any atom is -0.508 e. The number of thioether (sulfide) groups is 1. The number of hydrogen-bond acceptors (Lipinski definition) is 3. The van der Waals surface area contributed by atoms with Gasteiger partial charge in [-0.15, -0.1) is 0 Å². The smallest absolute Gasteiger partial charge is 0.119 e. The molecular weight excluding hydrogens is 218 g/mol.